The van der Waals surface area contributed by atoms with E-state index in [2.05, 4.69) is 0 Å². The number of halogens is 1. The zero-order valence-electron chi connectivity index (χ0n) is 14.1. The van der Waals surface area contributed by atoms with Gasteiger partial charge in [-0.05, 0) is 30.3 Å². The highest BCUT2D eigenvalue weighted by Gasteiger charge is 2.41. The lowest BCUT2D eigenvalue weighted by molar-refractivity contribution is -0.149. The number of para-hydroxylation sites is 1. The van der Waals surface area contributed by atoms with Gasteiger partial charge in [-0.1, -0.05) is 12.1 Å². The van der Waals surface area contributed by atoms with E-state index in [1.54, 1.807) is 24.3 Å². The molecule has 2 aromatic rings. The lowest BCUT2D eigenvalue weighted by Gasteiger charge is -2.20. The minimum Gasteiger partial charge on any atom is -0.485 e. The molecule has 1 fully saturated rings. The van der Waals surface area contributed by atoms with E-state index in [0.29, 0.717) is 5.76 Å². The molecule has 0 N–H and O–H groups in total. The molecule has 2 atom stereocenters. The Labute approximate surface area is 149 Å². The Kier molecular flexibility index (Phi) is 5.36. The molecular weight excluding hydrogens is 341 g/mol. The second-order valence-electron chi connectivity index (χ2n) is 5.78. The van der Waals surface area contributed by atoms with E-state index in [-0.39, 0.29) is 24.6 Å². The Balaban J connectivity index is 1.73. The molecule has 7 heteroatoms. The van der Waals surface area contributed by atoms with E-state index in [1.807, 2.05) is 0 Å². The largest absolute Gasteiger partial charge is 0.485 e. The first-order valence-electron chi connectivity index (χ1n) is 8.09. The first-order valence-corrected chi connectivity index (χ1v) is 8.09. The van der Waals surface area contributed by atoms with Gasteiger partial charge in [-0.2, -0.15) is 0 Å². The van der Waals surface area contributed by atoms with E-state index in [4.69, 9.17) is 13.9 Å². The zero-order chi connectivity index (χ0) is 18.5. The summed E-state index contributed by atoms with van der Waals surface area (Å²) in [5, 5.41) is 0. The molecule has 1 aliphatic heterocycles. The van der Waals surface area contributed by atoms with E-state index in [9.17, 15) is 14.0 Å². The average Bonchev–Trinajstić information content (AvgIpc) is 3.31. The predicted molar refractivity (Wildman–Crippen MR) is 90.7 cm³/mol. The minimum atomic E-state index is -0.787. The van der Waals surface area contributed by atoms with Gasteiger partial charge in [0.15, 0.2) is 11.6 Å². The number of furan rings is 1. The van der Waals surface area contributed by atoms with Gasteiger partial charge in [-0.15, -0.1) is 0 Å². The molecule has 1 aromatic heterocycles. The lowest BCUT2D eigenvalue weighted by Crippen LogP contribution is -2.40. The van der Waals surface area contributed by atoms with Gasteiger partial charge >= 0.3 is 5.97 Å². The molecule has 2 heterocycles. The van der Waals surface area contributed by atoms with Crippen LogP contribution in [0.2, 0.25) is 0 Å². The van der Waals surface area contributed by atoms with Gasteiger partial charge in [0.2, 0.25) is 5.91 Å². The van der Waals surface area contributed by atoms with E-state index >= 15 is 0 Å². The number of carbonyl (C=O) groups excluding carboxylic acids is 2. The van der Waals surface area contributed by atoms with E-state index in [0.717, 1.165) is 0 Å². The van der Waals surface area contributed by atoms with Crippen molar-refractivity contribution in [3.8, 4) is 5.75 Å². The molecule has 0 aliphatic carbocycles. The van der Waals surface area contributed by atoms with E-state index < -0.39 is 23.9 Å². The molecule has 1 aliphatic rings. The summed E-state index contributed by atoms with van der Waals surface area (Å²) in [5.74, 6) is -0.807. The second-order valence-corrected chi connectivity index (χ2v) is 5.78. The third-order valence-electron chi connectivity index (χ3n) is 4.08. The molecule has 0 bridgehead atoms. The summed E-state index contributed by atoms with van der Waals surface area (Å²) in [5.41, 5.74) is 0. The van der Waals surface area contributed by atoms with Crippen molar-refractivity contribution in [1.29, 1.82) is 0 Å². The second kappa shape index (κ2) is 7.86. The van der Waals surface area contributed by atoms with Crippen molar-refractivity contribution in [2.75, 3.05) is 13.7 Å². The fourth-order valence-electron chi connectivity index (χ4n) is 2.84. The summed E-state index contributed by atoms with van der Waals surface area (Å²) in [6.45, 7) is 0.148. The fraction of sp³-hybridized carbons (Fsp3) is 0.263. The number of methoxy groups -OCH3 is 1. The fourth-order valence-corrected chi connectivity index (χ4v) is 2.84. The van der Waals surface area contributed by atoms with Crippen LogP contribution in [-0.4, -0.2) is 42.6 Å². The molecule has 1 saturated heterocycles. The number of hydrogen-bond donors (Lipinski definition) is 0. The van der Waals surface area contributed by atoms with Crippen LogP contribution >= 0.6 is 0 Å². The first-order chi connectivity index (χ1) is 12.6. The van der Waals surface area contributed by atoms with Crippen LogP contribution in [0.4, 0.5) is 4.39 Å². The number of amides is 1. The Morgan fingerprint density at radius 1 is 1.27 bits per heavy atom. The van der Waals surface area contributed by atoms with Gasteiger partial charge in [0, 0.05) is 12.5 Å². The maximum atomic E-state index is 13.8. The zero-order valence-corrected chi connectivity index (χ0v) is 14.1. The first kappa shape index (κ1) is 17.7. The van der Waals surface area contributed by atoms with Crippen LogP contribution in [0.15, 0.2) is 53.2 Å². The van der Waals surface area contributed by atoms with Crippen LogP contribution < -0.4 is 4.74 Å². The van der Waals surface area contributed by atoms with Crippen molar-refractivity contribution in [3.63, 3.8) is 0 Å². The van der Waals surface area contributed by atoms with Crippen LogP contribution in [0.3, 0.4) is 0 Å². The molecule has 3 rings (SSSR count). The van der Waals surface area contributed by atoms with Crippen molar-refractivity contribution in [1.82, 2.24) is 4.90 Å². The van der Waals surface area contributed by atoms with Gasteiger partial charge in [0.05, 0.1) is 19.9 Å². The van der Waals surface area contributed by atoms with Gasteiger partial charge < -0.3 is 18.8 Å². The van der Waals surface area contributed by atoms with Gasteiger partial charge in [-0.25, -0.2) is 9.18 Å². The van der Waals surface area contributed by atoms with E-state index in [1.165, 1.54) is 42.6 Å². The number of ether oxygens (including phenoxy) is 2. The van der Waals surface area contributed by atoms with Gasteiger partial charge in [0.25, 0.3) is 0 Å². The summed E-state index contributed by atoms with van der Waals surface area (Å²) in [7, 11) is 1.26. The maximum absolute atomic E-state index is 13.8. The van der Waals surface area contributed by atoms with Crippen molar-refractivity contribution in [3.05, 3.63) is 60.3 Å². The summed E-state index contributed by atoms with van der Waals surface area (Å²) >= 11 is 0. The van der Waals surface area contributed by atoms with Crippen LogP contribution in [0, 0.1) is 5.82 Å². The Morgan fingerprint density at radius 3 is 2.77 bits per heavy atom. The number of benzene rings is 1. The Hall–Kier alpha value is -3.09. The molecular formula is C19H18FNO5. The molecule has 1 aromatic carbocycles. The SMILES string of the molecule is COC(=O)[C@@H]1C[C@@H](Oc2ccccc2F)CN1C(=O)/C=C/c1ccco1. The quantitative estimate of drug-likeness (QED) is 0.606. The molecule has 6 nitrogen and oxygen atoms in total. The molecule has 0 saturated carbocycles. The number of hydrogen-bond acceptors (Lipinski definition) is 5. The Bertz CT molecular complexity index is 802. The highest BCUT2D eigenvalue weighted by atomic mass is 19.1. The number of esters is 1. The molecule has 26 heavy (non-hydrogen) atoms. The third kappa shape index (κ3) is 3.93. The molecule has 1 amide bonds. The number of nitrogens with zero attached hydrogens (tertiary/aromatic N) is 1. The monoisotopic (exact) mass is 359 g/mol. The maximum Gasteiger partial charge on any atom is 0.328 e. The minimum absolute atomic E-state index is 0.0848. The topological polar surface area (TPSA) is 69.0 Å². The highest BCUT2D eigenvalue weighted by Crippen LogP contribution is 2.26. The highest BCUT2D eigenvalue weighted by molar-refractivity contribution is 5.94. The third-order valence-corrected chi connectivity index (χ3v) is 4.08. The van der Waals surface area contributed by atoms with Crippen LogP contribution in [0.1, 0.15) is 12.2 Å². The standard InChI is InChI=1S/C19H18FNO5/c1-24-19(23)16-11-14(26-17-7-3-2-6-15(17)20)12-21(16)18(22)9-8-13-5-4-10-25-13/h2-10,14,16H,11-12H2,1H3/b9-8+/t14-,16+/m1/s1. The normalized spacial score (nSPS) is 19.7. The average molecular weight is 359 g/mol. The smallest absolute Gasteiger partial charge is 0.328 e. The molecule has 0 unspecified atom stereocenters. The molecule has 0 spiro atoms. The number of likely N-dealkylation sites (tertiary alicyclic amines) is 1. The number of rotatable bonds is 5. The summed E-state index contributed by atoms with van der Waals surface area (Å²) < 4.78 is 29.3. The summed E-state index contributed by atoms with van der Waals surface area (Å²) in [4.78, 5) is 25.9. The molecule has 0 radical (unpaired) electrons. The predicted octanol–water partition coefficient (Wildman–Crippen LogP) is 2.65. The summed E-state index contributed by atoms with van der Waals surface area (Å²) in [6.07, 6.45) is 4.04. The van der Waals surface area contributed by atoms with Gasteiger partial charge in [-0.3, -0.25) is 4.79 Å². The van der Waals surface area contributed by atoms with Crippen LogP contribution in [0.5, 0.6) is 5.75 Å². The van der Waals surface area contributed by atoms with Crippen LogP contribution in [0.25, 0.3) is 6.08 Å². The Morgan fingerprint density at radius 2 is 2.08 bits per heavy atom. The lowest BCUT2D eigenvalue weighted by atomic mass is 10.2. The van der Waals surface area contributed by atoms with Gasteiger partial charge in [0.1, 0.15) is 17.9 Å². The number of carbonyl (C=O) groups is 2. The van der Waals surface area contributed by atoms with Crippen LogP contribution in [-0.2, 0) is 14.3 Å². The van der Waals surface area contributed by atoms with Crippen molar-refractivity contribution >= 4 is 18.0 Å². The molecule has 136 valence electrons. The van der Waals surface area contributed by atoms with Crippen molar-refractivity contribution in [2.45, 2.75) is 18.6 Å². The van der Waals surface area contributed by atoms with Crippen molar-refractivity contribution < 1.29 is 27.9 Å². The summed E-state index contributed by atoms with van der Waals surface area (Å²) in [6, 6.07) is 8.63. The van der Waals surface area contributed by atoms with Crippen molar-refractivity contribution in [2.24, 2.45) is 0 Å².